The summed E-state index contributed by atoms with van der Waals surface area (Å²) < 4.78 is 27.9. The van der Waals surface area contributed by atoms with Crippen molar-refractivity contribution in [3.63, 3.8) is 0 Å². The number of nitrogens with one attached hydrogen (secondary N) is 4. The van der Waals surface area contributed by atoms with E-state index in [-0.39, 0.29) is 68.3 Å². The first kappa shape index (κ1) is 45.4. The first-order valence-electron chi connectivity index (χ1n) is 20.1. The number of carboxylic acids is 1. The lowest BCUT2D eigenvalue weighted by Crippen LogP contribution is -2.50. The van der Waals surface area contributed by atoms with E-state index in [1.54, 1.807) is 40.7 Å². The Morgan fingerprint density at radius 1 is 0.918 bits per heavy atom. The standard InChI is InChI=1S/C43H53FN8O9/c1-4-50-24-32(40(55)56)38(53)31-21-33(44)37(22-36(31)50)51-17-19-52(20-18-51)43(59)61-26-29-12-14-30(15-13-29)48-39(54)34(11-8-16-46-41(45)57)47-23-35(27(2)3)49-42(58)60-25-28-9-6-5-7-10-28/h5-7,9-10,12-15,21-22,24,27,34-35,47H,4,8,11,16-20,23,25-26H2,1-3H3,(H,48,54)(H,49,58)(H,55,56)(H3,45,46,57)/t34-,35+/m0/s1. The summed E-state index contributed by atoms with van der Waals surface area (Å²) in [4.78, 5) is 77.9. The average molecular weight is 845 g/mol. The molecule has 2 atom stereocenters. The lowest BCUT2D eigenvalue weighted by Gasteiger charge is -2.35. The van der Waals surface area contributed by atoms with E-state index in [1.807, 2.05) is 44.2 Å². The highest BCUT2D eigenvalue weighted by molar-refractivity contribution is 5.95. The first-order valence-corrected chi connectivity index (χ1v) is 20.1. The number of benzene rings is 3. The van der Waals surface area contributed by atoms with Crippen molar-refractivity contribution in [2.24, 2.45) is 11.7 Å². The number of anilines is 2. The molecule has 61 heavy (non-hydrogen) atoms. The van der Waals surface area contributed by atoms with E-state index < -0.39 is 47.0 Å². The van der Waals surface area contributed by atoms with Crippen molar-refractivity contribution in [3.05, 3.63) is 106 Å². The van der Waals surface area contributed by atoms with Crippen LogP contribution in [0.15, 0.2) is 77.7 Å². The second-order valence-corrected chi connectivity index (χ2v) is 14.9. The first-order chi connectivity index (χ1) is 29.2. The lowest BCUT2D eigenvalue weighted by atomic mass is 10.0. The molecule has 0 saturated carbocycles. The van der Waals surface area contributed by atoms with Crippen molar-refractivity contribution in [2.75, 3.05) is 49.5 Å². The predicted octanol–water partition coefficient (Wildman–Crippen LogP) is 4.61. The minimum Gasteiger partial charge on any atom is -0.477 e. The lowest BCUT2D eigenvalue weighted by molar-refractivity contribution is -0.118. The Hall–Kier alpha value is -6.69. The Morgan fingerprint density at radius 2 is 1.59 bits per heavy atom. The molecule has 1 fully saturated rings. The largest absolute Gasteiger partial charge is 0.477 e. The van der Waals surface area contributed by atoms with Gasteiger partial charge in [-0.2, -0.15) is 0 Å². The molecule has 326 valence electrons. The minimum absolute atomic E-state index is 0.00485. The molecule has 5 amide bonds. The number of nitrogens with zero attached hydrogens (tertiary/aromatic N) is 3. The van der Waals surface area contributed by atoms with Crippen molar-refractivity contribution in [3.8, 4) is 0 Å². The fourth-order valence-corrected chi connectivity index (χ4v) is 6.82. The van der Waals surface area contributed by atoms with E-state index >= 15 is 4.39 Å². The number of hydrogen-bond acceptors (Lipinski definition) is 10. The average Bonchev–Trinajstić information content (AvgIpc) is 3.24. The van der Waals surface area contributed by atoms with Gasteiger partial charge in [-0.3, -0.25) is 9.59 Å². The monoisotopic (exact) mass is 844 g/mol. The zero-order valence-corrected chi connectivity index (χ0v) is 34.4. The molecular weight excluding hydrogens is 792 g/mol. The maximum atomic E-state index is 15.3. The molecule has 1 saturated heterocycles. The van der Waals surface area contributed by atoms with E-state index in [9.17, 15) is 33.9 Å². The van der Waals surface area contributed by atoms with Crippen LogP contribution in [0.2, 0.25) is 0 Å². The number of piperazine rings is 1. The van der Waals surface area contributed by atoms with Crippen LogP contribution in [0.25, 0.3) is 10.9 Å². The summed E-state index contributed by atoms with van der Waals surface area (Å²) in [5.41, 5.74) is 6.70. The van der Waals surface area contributed by atoms with Crippen molar-refractivity contribution < 1.29 is 42.9 Å². The molecule has 1 aliphatic heterocycles. The topological polar surface area (TPSA) is 227 Å². The number of alkyl carbamates (subject to hydrolysis) is 1. The zero-order chi connectivity index (χ0) is 44.1. The number of hydrogen-bond donors (Lipinski definition) is 6. The number of fused-ring (bicyclic) bond motifs is 1. The quantitative estimate of drug-likeness (QED) is 0.0758. The Morgan fingerprint density at radius 3 is 2.23 bits per heavy atom. The predicted molar refractivity (Wildman–Crippen MR) is 227 cm³/mol. The summed E-state index contributed by atoms with van der Waals surface area (Å²) in [6.45, 7) is 7.75. The third-order valence-electron chi connectivity index (χ3n) is 10.4. The molecule has 5 rings (SSSR count). The number of carboxylic acid groups (broad SMARTS) is 1. The molecule has 7 N–H and O–H groups in total. The molecule has 1 aromatic heterocycles. The highest BCUT2D eigenvalue weighted by Gasteiger charge is 2.26. The van der Waals surface area contributed by atoms with Crippen molar-refractivity contribution in [2.45, 2.75) is 65.5 Å². The molecule has 0 spiro atoms. The maximum Gasteiger partial charge on any atom is 0.410 e. The fraction of sp³-hybridized carbons (Fsp3) is 0.395. The maximum absolute atomic E-state index is 15.3. The van der Waals surface area contributed by atoms with Crippen LogP contribution in [-0.2, 0) is 34.0 Å². The van der Waals surface area contributed by atoms with E-state index in [0.29, 0.717) is 49.2 Å². The molecule has 18 heteroatoms. The van der Waals surface area contributed by atoms with Gasteiger partial charge in [-0.1, -0.05) is 56.3 Å². The molecule has 0 radical (unpaired) electrons. The van der Waals surface area contributed by atoms with Crippen molar-refractivity contribution >= 4 is 52.4 Å². The minimum atomic E-state index is -1.38. The number of halogens is 1. The van der Waals surface area contributed by atoms with E-state index in [4.69, 9.17) is 15.2 Å². The van der Waals surface area contributed by atoms with E-state index in [2.05, 4.69) is 21.3 Å². The Bertz CT molecular complexity index is 2230. The van der Waals surface area contributed by atoms with E-state index in [0.717, 1.165) is 11.6 Å². The number of aromatic nitrogens is 1. The van der Waals surface area contributed by atoms with Gasteiger partial charge >= 0.3 is 24.2 Å². The van der Waals surface area contributed by atoms with Crippen LogP contribution in [0.4, 0.5) is 30.1 Å². The smallest absolute Gasteiger partial charge is 0.410 e. The number of carbonyl (C=O) groups excluding carboxylic acids is 4. The number of primary amides is 1. The fourth-order valence-electron chi connectivity index (χ4n) is 6.82. The van der Waals surface area contributed by atoms with Crippen LogP contribution in [0.5, 0.6) is 0 Å². The number of aryl methyl sites for hydroxylation is 1. The molecule has 4 aromatic rings. The van der Waals surface area contributed by atoms with Gasteiger partial charge in [0.05, 0.1) is 17.2 Å². The van der Waals surface area contributed by atoms with Gasteiger partial charge in [-0.15, -0.1) is 0 Å². The molecule has 3 aromatic carbocycles. The number of rotatable bonds is 18. The van der Waals surface area contributed by atoms with Crippen LogP contribution in [-0.4, -0.2) is 96.0 Å². The highest BCUT2D eigenvalue weighted by atomic mass is 19.1. The number of aromatic carboxylic acids is 1. The van der Waals surface area contributed by atoms with Crippen LogP contribution < -0.4 is 37.3 Å². The Kier molecular flexibility index (Phi) is 16.0. The normalized spacial score (nSPS) is 13.7. The van der Waals surface area contributed by atoms with Crippen LogP contribution in [0.1, 0.15) is 55.1 Å². The van der Waals surface area contributed by atoms with Gasteiger partial charge in [0.15, 0.2) is 0 Å². The van der Waals surface area contributed by atoms with Crippen molar-refractivity contribution in [1.29, 1.82) is 0 Å². The molecule has 2 heterocycles. The van der Waals surface area contributed by atoms with Crippen molar-refractivity contribution in [1.82, 2.24) is 25.4 Å². The number of carbonyl (C=O) groups is 5. The summed E-state index contributed by atoms with van der Waals surface area (Å²) in [5, 5.41) is 21.0. The Balaban J connectivity index is 1.12. The molecular formula is C43H53FN8O9. The summed E-state index contributed by atoms with van der Waals surface area (Å²) in [6.07, 6.45) is 0.939. The molecule has 17 nitrogen and oxygen atoms in total. The van der Waals surface area contributed by atoms with Gasteiger partial charge in [0.25, 0.3) is 0 Å². The Labute approximate surface area is 352 Å². The van der Waals surface area contributed by atoms with Crippen LogP contribution in [0.3, 0.4) is 0 Å². The van der Waals surface area contributed by atoms with E-state index in [1.165, 1.54) is 17.2 Å². The second kappa shape index (κ2) is 21.5. The summed E-state index contributed by atoms with van der Waals surface area (Å²) in [6, 6.07) is 17.0. The van der Waals surface area contributed by atoms with Gasteiger partial charge in [0.2, 0.25) is 11.3 Å². The number of urea groups is 1. The van der Waals surface area contributed by atoms with Gasteiger partial charge in [-0.25, -0.2) is 23.6 Å². The van der Waals surface area contributed by atoms with Gasteiger partial charge in [-0.05, 0) is 61.1 Å². The molecule has 0 bridgehead atoms. The molecule has 0 unspecified atom stereocenters. The second-order valence-electron chi connectivity index (χ2n) is 14.9. The van der Waals surface area contributed by atoms with Gasteiger partial charge < -0.3 is 55.9 Å². The number of amides is 5. The zero-order valence-electron chi connectivity index (χ0n) is 34.4. The summed E-state index contributed by atoms with van der Waals surface area (Å²) >= 11 is 0. The number of nitrogens with two attached hydrogens (primary N) is 1. The highest BCUT2D eigenvalue weighted by Crippen LogP contribution is 2.27. The number of ether oxygens (including phenoxy) is 2. The summed E-state index contributed by atoms with van der Waals surface area (Å²) in [5.74, 6) is -2.37. The molecule has 1 aliphatic rings. The van der Waals surface area contributed by atoms with Gasteiger partial charge in [0.1, 0.15) is 24.6 Å². The molecule has 0 aliphatic carbocycles. The number of pyridine rings is 1. The summed E-state index contributed by atoms with van der Waals surface area (Å²) in [7, 11) is 0. The third-order valence-corrected chi connectivity index (χ3v) is 10.4. The van der Waals surface area contributed by atoms with Crippen LogP contribution in [0, 0.1) is 11.7 Å². The van der Waals surface area contributed by atoms with Crippen LogP contribution >= 0.6 is 0 Å². The SMILES string of the molecule is CCn1cc(C(=O)O)c(=O)c2cc(F)c(N3CCN(C(=O)OCc4ccc(NC(=O)[C@H](CCCNC(N)=O)NC[C@@H](NC(=O)OCc5ccccc5)C(C)C)cc4)CC3)cc21. The third kappa shape index (κ3) is 12.7. The van der Waals surface area contributed by atoms with Gasteiger partial charge in [0, 0.05) is 69.1 Å².